The van der Waals surface area contributed by atoms with Crippen LogP contribution in [-0.4, -0.2) is 37.2 Å². The maximum Gasteiger partial charge on any atom is 0.306 e. The molecule has 0 saturated heterocycles. The standard InChI is InChI=1S/C43H82O6/c1-5-8-10-12-14-15-19-23-27-31-35-42(45)48-38-40(37-47-41(44)34-30-26-21-13-11-9-6-2)49-43(46)36-32-28-24-20-17-16-18-22-25-29-33-39(4)7-3/h39-40H,5-38H2,1-4H3/t39?,40-/m0/s1. The summed E-state index contributed by atoms with van der Waals surface area (Å²) in [4.78, 5) is 37.4. The van der Waals surface area contributed by atoms with E-state index in [1.807, 2.05) is 0 Å². The topological polar surface area (TPSA) is 78.9 Å². The highest BCUT2D eigenvalue weighted by atomic mass is 16.6. The van der Waals surface area contributed by atoms with Gasteiger partial charge in [-0.05, 0) is 25.2 Å². The molecule has 0 spiro atoms. The highest BCUT2D eigenvalue weighted by Crippen LogP contribution is 2.16. The van der Waals surface area contributed by atoms with E-state index < -0.39 is 6.10 Å². The fraction of sp³-hybridized carbons (Fsp3) is 0.930. The van der Waals surface area contributed by atoms with Gasteiger partial charge in [0, 0.05) is 19.3 Å². The summed E-state index contributed by atoms with van der Waals surface area (Å²) in [6.07, 6.45) is 35.2. The molecule has 49 heavy (non-hydrogen) atoms. The summed E-state index contributed by atoms with van der Waals surface area (Å²) in [6.45, 7) is 8.95. The van der Waals surface area contributed by atoms with Gasteiger partial charge in [-0.25, -0.2) is 0 Å². The SMILES string of the molecule is CCCCCCCCCCCCC(=O)OC[C@H](COC(=O)CCCCCCCCC)OC(=O)CCCCCCCCCCCCC(C)CC. The van der Waals surface area contributed by atoms with Gasteiger partial charge in [-0.3, -0.25) is 14.4 Å². The van der Waals surface area contributed by atoms with Crippen LogP contribution in [0.15, 0.2) is 0 Å². The molecule has 0 bridgehead atoms. The van der Waals surface area contributed by atoms with Gasteiger partial charge in [-0.2, -0.15) is 0 Å². The van der Waals surface area contributed by atoms with Crippen molar-refractivity contribution in [1.82, 2.24) is 0 Å². The van der Waals surface area contributed by atoms with E-state index in [0.717, 1.165) is 63.7 Å². The Hall–Kier alpha value is -1.59. The lowest BCUT2D eigenvalue weighted by molar-refractivity contribution is -0.167. The molecule has 0 aromatic rings. The molecule has 0 aromatic carbocycles. The van der Waals surface area contributed by atoms with Crippen molar-refractivity contribution in [1.29, 1.82) is 0 Å². The van der Waals surface area contributed by atoms with Crippen LogP contribution in [0.25, 0.3) is 0 Å². The van der Waals surface area contributed by atoms with Crippen molar-refractivity contribution in [2.45, 2.75) is 239 Å². The zero-order chi connectivity index (χ0) is 36.0. The first kappa shape index (κ1) is 47.4. The van der Waals surface area contributed by atoms with Gasteiger partial charge in [-0.15, -0.1) is 0 Å². The van der Waals surface area contributed by atoms with E-state index in [-0.39, 0.29) is 31.1 Å². The summed E-state index contributed by atoms with van der Waals surface area (Å²) in [7, 11) is 0. The third kappa shape index (κ3) is 36.0. The lowest BCUT2D eigenvalue weighted by Crippen LogP contribution is -2.30. The Morgan fingerprint density at radius 2 is 0.714 bits per heavy atom. The largest absolute Gasteiger partial charge is 0.462 e. The normalized spacial score (nSPS) is 12.5. The van der Waals surface area contributed by atoms with Crippen LogP contribution in [0.1, 0.15) is 233 Å². The molecule has 6 nitrogen and oxygen atoms in total. The zero-order valence-corrected chi connectivity index (χ0v) is 33.1. The minimum atomic E-state index is -0.757. The molecule has 2 atom stereocenters. The Balaban J connectivity index is 4.30. The van der Waals surface area contributed by atoms with Crippen molar-refractivity contribution in [3.63, 3.8) is 0 Å². The number of unbranched alkanes of at least 4 members (excludes halogenated alkanes) is 24. The van der Waals surface area contributed by atoms with Crippen LogP contribution in [0, 0.1) is 5.92 Å². The maximum absolute atomic E-state index is 12.7. The predicted octanol–water partition coefficient (Wildman–Crippen LogP) is 13.2. The van der Waals surface area contributed by atoms with Crippen molar-refractivity contribution in [3.8, 4) is 0 Å². The number of hydrogen-bond acceptors (Lipinski definition) is 6. The molecule has 6 heteroatoms. The van der Waals surface area contributed by atoms with Crippen molar-refractivity contribution in [2.75, 3.05) is 13.2 Å². The fourth-order valence-corrected chi connectivity index (χ4v) is 6.24. The van der Waals surface area contributed by atoms with Gasteiger partial charge in [0.15, 0.2) is 6.10 Å². The van der Waals surface area contributed by atoms with Crippen LogP contribution in [0.2, 0.25) is 0 Å². The van der Waals surface area contributed by atoms with E-state index in [1.165, 1.54) is 128 Å². The van der Waals surface area contributed by atoms with E-state index in [4.69, 9.17) is 14.2 Å². The van der Waals surface area contributed by atoms with Gasteiger partial charge in [0.2, 0.25) is 0 Å². The lowest BCUT2D eigenvalue weighted by Gasteiger charge is -2.18. The third-order valence-corrected chi connectivity index (χ3v) is 9.90. The monoisotopic (exact) mass is 695 g/mol. The fourth-order valence-electron chi connectivity index (χ4n) is 6.24. The molecular weight excluding hydrogens is 612 g/mol. The van der Waals surface area contributed by atoms with Crippen LogP contribution in [0.5, 0.6) is 0 Å². The van der Waals surface area contributed by atoms with Crippen molar-refractivity contribution < 1.29 is 28.6 Å². The van der Waals surface area contributed by atoms with Crippen LogP contribution >= 0.6 is 0 Å². The second-order valence-corrected chi connectivity index (χ2v) is 14.9. The number of hydrogen-bond donors (Lipinski definition) is 0. The Bertz CT molecular complexity index is 738. The first-order valence-corrected chi connectivity index (χ1v) is 21.4. The Morgan fingerprint density at radius 1 is 0.408 bits per heavy atom. The van der Waals surface area contributed by atoms with E-state index in [2.05, 4.69) is 27.7 Å². The van der Waals surface area contributed by atoms with Gasteiger partial charge in [-0.1, -0.05) is 195 Å². The molecule has 0 fully saturated rings. The summed E-state index contributed by atoms with van der Waals surface area (Å²) in [5, 5.41) is 0. The van der Waals surface area contributed by atoms with Gasteiger partial charge in [0.25, 0.3) is 0 Å². The smallest absolute Gasteiger partial charge is 0.306 e. The van der Waals surface area contributed by atoms with Gasteiger partial charge < -0.3 is 14.2 Å². The molecule has 0 aromatic heterocycles. The van der Waals surface area contributed by atoms with E-state index >= 15 is 0 Å². The molecule has 0 aliphatic heterocycles. The van der Waals surface area contributed by atoms with Crippen molar-refractivity contribution >= 4 is 17.9 Å². The van der Waals surface area contributed by atoms with E-state index in [9.17, 15) is 14.4 Å². The third-order valence-electron chi connectivity index (χ3n) is 9.90. The summed E-state index contributed by atoms with van der Waals surface area (Å²) in [6, 6.07) is 0. The molecule has 0 N–H and O–H groups in total. The second kappa shape index (κ2) is 37.7. The zero-order valence-electron chi connectivity index (χ0n) is 33.1. The summed E-state index contributed by atoms with van der Waals surface area (Å²) >= 11 is 0. The molecule has 0 radical (unpaired) electrons. The number of carbonyl (C=O) groups excluding carboxylic acids is 3. The molecule has 0 amide bonds. The van der Waals surface area contributed by atoms with E-state index in [0.29, 0.717) is 19.3 Å². The first-order chi connectivity index (χ1) is 23.9. The van der Waals surface area contributed by atoms with Gasteiger partial charge in [0.05, 0.1) is 0 Å². The highest BCUT2D eigenvalue weighted by Gasteiger charge is 2.19. The minimum absolute atomic E-state index is 0.0648. The van der Waals surface area contributed by atoms with Gasteiger partial charge in [0.1, 0.15) is 13.2 Å². The minimum Gasteiger partial charge on any atom is -0.462 e. The Kier molecular flexibility index (Phi) is 36.4. The number of rotatable bonds is 38. The highest BCUT2D eigenvalue weighted by molar-refractivity contribution is 5.71. The predicted molar refractivity (Wildman–Crippen MR) is 206 cm³/mol. The average Bonchev–Trinajstić information content (AvgIpc) is 3.10. The number of esters is 3. The first-order valence-electron chi connectivity index (χ1n) is 21.4. The van der Waals surface area contributed by atoms with Crippen LogP contribution in [-0.2, 0) is 28.6 Å². The number of ether oxygens (including phenoxy) is 3. The Labute approximate surface area is 304 Å². The second-order valence-electron chi connectivity index (χ2n) is 14.9. The summed E-state index contributed by atoms with van der Waals surface area (Å²) in [5.41, 5.74) is 0. The molecular formula is C43H82O6. The van der Waals surface area contributed by atoms with Gasteiger partial charge >= 0.3 is 17.9 Å². The summed E-state index contributed by atoms with van der Waals surface area (Å²) in [5.74, 6) is 0.00148. The molecule has 0 heterocycles. The molecule has 0 saturated carbocycles. The van der Waals surface area contributed by atoms with Crippen LogP contribution < -0.4 is 0 Å². The molecule has 0 aliphatic rings. The van der Waals surface area contributed by atoms with Crippen LogP contribution in [0.3, 0.4) is 0 Å². The van der Waals surface area contributed by atoms with E-state index in [1.54, 1.807) is 0 Å². The molecule has 290 valence electrons. The Morgan fingerprint density at radius 3 is 1.06 bits per heavy atom. The number of carbonyl (C=O) groups is 3. The van der Waals surface area contributed by atoms with Crippen molar-refractivity contribution in [2.24, 2.45) is 5.92 Å². The van der Waals surface area contributed by atoms with Crippen LogP contribution in [0.4, 0.5) is 0 Å². The quantitative estimate of drug-likeness (QED) is 0.0364. The molecule has 1 unspecified atom stereocenters. The van der Waals surface area contributed by atoms with Crippen molar-refractivity contribution in [3.05, 3.63) is 0 Å². The molecule has 0 rings (SSSR count). The molecule has 0 aliphatic carbocycles. The lowest BCUT2D eigenvalue weighted by atomic mass is 9.99. The maximum atomic E-state index is 12.7. The summed E-state index contributed by atoms with van der Waals surface area (Å²) < 4.78 is 16.6. The average molecular weight is 695 g/mol.